The fourth-order valence-corrected chi connectivity index (χ4v) is 5.65. The van der Waals surface area contributed by atoms with Crippen LogP contribution in [0.4, 0.5) is 0 Å². The highest BCUT2D eigenvalue weighted by atomic mass is 35.5. The van der Waals surface area contributed by atoms with Crippen molar-refractivity contribution in [3.05, 3.63) is 118 Å². The normalized spacial score (nSPS) is 12.7. The van der Waals surface area contributed by atoms with Crippen molar-refractivity contribution in [3.8, 4) is 11.1 Å². The minimum absolute atomic E-state index is 0.138. The standard InChI is InChI=1S/C34H32Cl2N4O3/c1-20(2)14-30(34(42)43-4)39-33(41)29-17-26(22-6-5-7-25(36)15-22)27-16-23(10-13-28(27)38-29)32(31-18-37-19-40(31)3)21-8-11-24(35)12-9-21/h5-13,15-20,30,32H,14H2,1-4H3,(H,39,41). The van der Waals surface area contributed by atoms with Gasteiger partial charge in [-0.3, -0.25) is 4.79 Å². The molecule has 5 rings (SSSR count). The molecule has 7 nitrogen and oxygen atoms in total. The van der Waals surface area contributed by atoms with Crippen molar-refractivity contribution in [2.75, 3.05) is 7.11 Å². The summed E-state index contributed by atoms with van der Waals surface area (Å²) in [6.07, 6.45) is 4.09. The first kappa shape index (κ1) is 30.3. The maximum atomic E-state index is 13.5. The van der Waals surface area contributed by atoms with Gasteiger partial charge in [0.15, 0.2) is 0 Å². The van der Waals surface area contributed by atoms with E-state index in [-0.39, 0.29) is 17.5 Å². The molecule has 1 N–H and O–H groups in total. The molecule has 0 radical (unpaired) electrons. The summed E-state index contributed by atoms with van der Waals surface area (Å²) < 4.78 is 6.94. The number of pyridine rings is 1. The predicted octanol–water partition coefficient (Wildman–Crippen LogP) is 7.44. The maximum absolute atomic E-state index is 13.5. The first-order valence-electron chi connectivity index (χ1n) is 14.0. The highest BCUT2D eigenvalue weighted by Crippen LogP contribution is 2.37. The number of carbonyl (C=O) groups is 2. The van der Waals surface area contributed by atoms with Crippen molar-refractivity contribution in [3.63, 3.8) is 0 Å². The fourth-order valence-electron chi connectivity index (χ4n) is 5.33. The van der Waals surface area contributed by atoms with Gasteiger partial charge < -0.3 is 14.6 Å². The summed E-state index contributed by atoms with van der Waals surface area (Å²) in [5.74, 6) is -0.922. The predicted molar refractivity (Wildman–Crippen MR) is 171 cm³/mol. The zero-order chi connectivity index (χ0) is 30.7. The topological polar surface area (TPSA) is 86.1 Å². The maximum Gasteiger partial charge on any atom is 0.328 e. The van der Waals surface area contributed by atoms with Crippen molar-refractivity contribution in [2.24, 2.45) is 13.0 Å². The van der Waals surface area contributed by atoms with Crippen molar-refractivity contribution in [2.45, 2.75) is 32.2 Å². The van der Waals surface area contributed by atoms with Crippen LogP contribution >= 0.6 is 23.2 Å². The van der Waals surface area contributed by atoms with Crippen LogP contribution in [0.25, 0.3) is 22.0 Å². The Morgan fingerprint density at radius 3 is 2.35 bits per heavy atom. The van der Waals surface area contributed by atoms with E-state index in [1.165, 1.54) is 7.11 Å². The van der Waals surface area contributed by atoms with Gasteiger partial charge in [0.25, 0.3) is 5.91 Å². The number of amides is 1. The van der Waals surface area contributed by atoms with Crippen molar-refractivity contribution < 1.29 is 14.3 Å². The molecule has 0 aliphatic heterocycles. The summed E-state index contributed by atoms with van der Waals surface area (Å²) in [6.45, 7) is 3.96. The Morgan fingerprint density at radius 1 is 0.953 bits per heavy atom. The van der Waals surface area contributed by atoms with Crippen LogP contribution in [0.2, 0.25) is 10.0 Å². The fraction of sp³-hybridized carbons (Fsp3) is 0.235. The van der Waals surface area contributed by atoms with Gasteiger partial charge in [0.1, 0.15) is 11.7 Å². The molecule has 3 aromatic carbocycles. The Kier molecular flexibility index (Phi) is 9.14. The molecule has 2 aromatic heterocycles. The molecule has 9 heteroatoms. The number of nitrogens with one attached hydrogen (secondary N) is 1. The lowest BCUT2D eigenvalue weighted by molar-refractivity contribution is -0.143. The van der Waals surface area contributed by atoms with Crippen LogP contribution in [0.3, 0.4) is 0 Å². The molecule has 2 unspecified atom stereocenters. The van der Waals surface area contributed by atoms with Gasteiger partial charge in [-0.05, 0) is 77.1 Å². The van der Waals surface area contributed by atoms with Crippen LogP contribution in [0.1, 0.15) is 53.5 Å². The number of fused-ring (bicyclic) bond motifs is 1. The van der Waals surface area contributed by atoms with E-state index in [2.05, 4.69) is 16.4 Å². The Bertz CT molecular complexity index is 1780. The third kappa shape index (κ3) is 6.74. The molecule has 5 aromatic rings. The average molecular weight is 616 g/mol. The van der Waals surface area contributed by atoms with E-state index in [1.807, 2.05) is 86.3 Å². The Morgan fingerprint density at radius 2 is 1.70 bits per heavy atom. The van der Waals surface area contributed by atoms with Crippen LogP contribution < -0.4 is 5.32 Å². The van der Waals surface area contributed by atoms with Crippen molar-refractivity contribution in [1.29, 1.82) is 0 Å². The molecule has 0 fully saturated rings. The third-order valence-corrected chi connectivity index (χ3v) is 7.87. The van der Waals surface area contributed by atoms with Gasteiger partial charge in [-0.25, -0.2) is 14.8 Å². The number of hydrogen-bond acceptors (Lipinski definition) is 5. The van der Waals surface area contributed by atoms with Crippen LogP contribution in [0.15, 0.2) is 85.3 Å². The van der Waals surface area contributed by atoms with E-state index in [9.17, 15) is 9.59 Å². The molecular formula is C34H32Cl2N4O3. The second kappa shape index (κ2) is 13.0. The lowest BCUT2D eigenvalue weighted by atomic mass is 9.87. The Labute approximate surface area is 260 Å². The monoisotopic (exact) mass is 614 g/mol. The number of halogens is 2. The number of aromatic nitrogens is 3. The number of rotatable bonds is 9. The number of benzene rings is 3. The number of ether oxygens (including phenoxy) is 1. The first-order chi connectivity index (χ1) is 20.6. The lowest BCUT2D eigenvalue weighted by Gasteiger charge is -2.21. The highest BCUT2D eigenvalue weighted by Gasteiger charge is 2.25. The SMILES string of the molecule is COC(=O)C(CC(C)C)NC(=O)c1cc(-c2cccc(Cl)c2)c2cc(C(c3ccc(Cl)cc3)c3cncn3C)ccc2n1. The average Bonchev–Trinajstić information content (AvgIpc) is 3.41. The van der Waals surface area contributed by atoms with E-state index in [0.717, 1.165) is 33.3 Å². The van der Waals surface area contributed by atoms with Crippen LogP contribution in [0.5, 0.6) is 0 Å². The summed E-state index contributed by atoms with van der Waals surface area (Å²) in [7, 11) is 3.28. The summed E-state index contributed by atoms with van der Waals surface area (Å²) in [5.41, 5.74) is 5.52. The lowest BCUT2D eigenvalue weighted by Crippen LogP contribution is -2.42. The molecule has 0 aliphatic carbocycles. The van der Waals surface area contributed by atoms with E-state index in [4.69, 9.17) is 32.9 Å². The minimum Gasteiger partial charge on any atom is -0.467 e. The number of imidazole rings is 1. The molecule has 0 aliphatic rings. The molecular weight excluding hydrogens is 583 g/mol. The Balaban J connectivity index is 1.66. The summed E-state index contributed by atoms with van der Waals surface area (Å²) in [5, 5.41) is 4.91. The molecule has 0 bridgehead atoms. The van der Waals surface area contributed by atoms with Crippen LogP contribution in [-0.4, -0.2) is 39.6 Å². The van der Waals surface area contributed by atoms with Gasteiger partial charge in [-0.15, -0.1) is 0 Å². The molecule has 43 heavy (non-hydrogen) atoms. The molecule has 1 amide bonds. The quantitative estimate of drug-likeness (QED) is 0.174. The van der Waals surface area contributed by atoms with Gasteiger partial charge in [0.05, 0.1) is 24.9 Å². The van der Waals surface area contributed by atoms with Crippen LogP contribution in [0, 0.1) is 5.92 Å². The van der Waals surface area contributed by atoms with Gasteiger partial charge in [0.2, 0.25) is 0 Å². The largest absolute Gasteiger partial charge is 0.467 e. The number of hydrogen-bond donors (Lipinski definition) is 1. The van der Waals surface area contributed by atoms with Crippen LogP contribution in [-0.2, 0) is 16.6 Å². The zero-order valence-electron chi connectivity index (χ0n) is 24.3. The highest BCUT2D eigenvalue weighted by molar-refractivity contribution is 6.31. The van der Waals surface area contributed by atoms with Gasteiger partial charge in [-0.1, -0.05) is 67.4 Å². The smallest absolute Gasteiger partial charge is 0.328 e. The number of esters is 1. The molecule has 0 spiro atoms. The second-order valence-electron chi connectivity index (χ2n) is 10.9. The number of nitrogens with zero attached hydrogens (tertiary/aromatic N) is 3. The van der Waals surface area contributed by atoms with Gasteiger partial charge >= 0.3 is 5.97 Å². The van der Waals surface area contributed by atoms with E-state index < -0.39 is 17.9 Å². The first-order valence-corrected chi connectivity index (χ1v) is 14.7. The van der Waals surface area contributed by atoms with E-state index in [1.54, 1.807) is 18.5 Å². The number of methoxy groups -OCH3 is 1. The van der Waals surface area contributed by atoms with Gasteiger partial charge in [-0.2, -0.15) is 0 Å². The molecule has 2 atom stereocenters. The van der Waals surface area contributed by atoms with E-state index in [0.29, 0.717) is 22.0 Å². The minimum atomic E-state index is -0.786. The van der Waals surface area contributed by atoms with Gasteiger partial charge in [0, 0.05) is 34.4 Å². The number of carbonyl (C=O) groups excluding carboxylic acids is 2. The second-order valence-corrected chi connectivity index (χ2v) is 11.8. The Hall–Kier alpha value is -4.20. The molecule has 0 saturated heterocycles. The zero-order valence-corrected chi connectivity index (χ0v) is 25.9. The summed E-state index contributed by atoms with van der Waals surface area (Å²) in [6, 6.07) is 22.3. The van der Waals surface area contributed by atoms with E-state index >= 15 is 0 Å². The number of aryl methyl sites for hydroxylation is 1. The third-order valence-electron chi connectivity index (χ3n) is 7.39. The summed E-state index contributed by atoms with van der Waals surface area (Å²) >= 11 is 12.6. The molecule has 220 valence electrons. The molecule has 0 saturated carbocycles. The van der Waals surface area contributed by atoms with Crippen molar-refractivity contribution in [1.82, 2.24) is 19.9 Å². The summed E-state index contributed by atoms with van der Waals surface area (Å²) in [4.78, 5) is 35.0. The van der Waals surface area contributed by atoms with Crippen molar-refractivity contribution >= 4 is 46.0 Å². The molecule has 2 heterocycles.